The van der Waals surface area contributed by atoms with Crippen LogP contribution in [-0.2, 0) is 10.2 Å². The van der Waals surface area contributed by atoms with E-state index in [0.717, 1.165) is 24.1 Å². The largest absolute Gasteiger partial charge is 0.395 e. The number of β-amino-alcohol motifs (C(OH)–C–C–N with tert-alkyl or cyclic N) is 1. The van der Waals surface area contributed by atoms with Crippen LogP contribution in [0.15, 0.2) is 41.1 Å². The van der Waals surface area contributed by atoms with Crippen molar-refractivity contribution in [2.45, 2.75) is 24.7 Å². The van der Waals surface area contributed by atoms with Crippen LogP contribution in [0.1, 0.15) is 35.4 Å². The zero-order valence-electron chi connectivity index (χ0n) is 14.4. The lowest BCUT2D eigenvalue weighted by atomic mass is 9.67. The van der Waals surface area contributed by atoms with Crippen molar-refractivity contribution < 1.29 is 19.2 Å². The van der Waals surface area contributed by atoms with Gasteiger partial charge in [-0.25, -0.2) is 0 Å². The molecule has 0 radical (unpaired) electrons. The van der Waals surface area contributed by atoms with E-state index in [1.807, 2.05) is 18.2 Å². The molecule has 136 valence electrons. The maximum Gasteiger partial charge on any atom is 0.292 e. The fraction of sp³-hybridized carbons (Fsp3) is 0.421. The van der Waals surface area contributed by atoms with Gasteiger partial charge >= 0.3 is 0 Å². The van der Waals surface area contributed by atoms with E-state index < -0.39 is 0 Å². The molecule has 0 bridgehead atoms. The van der Waals surface area contributed by atoms with E-state index >= 15 is 0 Å². The molecule has 4 rings (SSSR count). The number of aromatic nitrogens is 1. The van der Waals surface area contributed by atoms with Crippen LogP contribution in [0, 0.1) is 0 Å². The molecule has 0 aliphatic carbocycles. The van der Waals surface area contributed by atoms with Gasteiger partial charge in [0.05, 0.1) is 12.8 Å². The first-order valence-electron chi connectivity index (χ1n) is 8.85. The summed E-state index contributed by atoms with van der Waals surface area (Å²) in [5.41, 5.74) is 1.77. The Balaban J connectivity index is 1.59. The van der Waals surface area contributed by atoms with Gasteiger partial charge in [-0.15, -0.1) is 0 Å². The molecule has 1 spiro atoms. The van der Waals surface area contributed by atoms with Crippen LogP contribution in [0.25, 0.3) is 0 Å². The highest BCUT2D eigenvalue weighted by atomic mass is 16.5. The van der Waals surface area contributed by atoms with E-state index in [2.05, 4.69) is 11.2 Å². The average molecular weight is 355 g/mol. The quantitative estimate of drug-likeness (QED) is 0.903. The van der Waals surface area contributed by atoms with Crippen LogP contribution in [0.3, 0.4) is 0 Å². The van der Waals surface area contributed by atoms with Gasteiger partial charge in [-0.1, -0.05) is 23.4 Å². The van der Waals surface area contributed by atoms with Gasteiger partial charge in [0.15, 0.2) is 0 Å². The van der Waals surface area contributed by atoms with E-state index in [-0.39, 0.29) is 29.6 Å². The Kier molecular flexibility index (Phi) is 4.24. The molecule has 2 aliphatic heterocycles. The van der Waals surface area contributed by atoms with Gasteiger partial charge < -0.3 is 19.4 Å². The number of likely N-dealkylation sites (tertiary alicyclic amines) is 1. The summed E-state index contributed by atoms with van der Waals surface area (Å²) in [6.45, 7) is 1.39. The van der Waals surface area contributed by atoms with Gasteiger partial charge in [0, 0.05) is 43.2 Å². The molecule has 1 aromatic carbocycles. The monoisotopic (exact) mass is 355 g/mol. The van der Waals surface area contributed by atoms with Crippen LogP contribution in [0.4, 0.5) is 5.69 Å². The number of carbonyl (C=O) groups is 2. The summed E-state index contributed by atoms with van der Waals surface area (Å²) >= 11 is 0. The molecule has 2 amide bonds. The van der Waals surface area contributed by atoms with Crippen LogP contribution in [0.5, 0.6) is 0 Å². The number of hydrogen-bond donors (Lipinski definition) is 1. The fourth-order valence-electron chi connectivity index (χ4n) is 4.18. The molecular weight excluding hydrogens is 334 g/mol. The maximum absolute atomic E-state index is 12.7. The molecule has 7 nitrogen and oxygen atoms in total. The molecule has 0 saturated carbocycles. The first kappa shape index (κ1) is 16.8. The number of carbonyl (C=O) groups excluding carboxylic acids is 2. The van der Waals surface area contributed by atoms with Crippen molar-refractivity contribution in [1.82, 2.24) is 10.1 Å². The molecule has 3 heterocycles. The normalized spacial score (nSPS) is 18.9. The molecule has 0 atom stereocenters. The summed E-state index contributed by atoms with van der Waals surface area (Å²) < 4.78 is 4.97. The lowest BCUT2D eigenvalue weighted by Crippen LogP contribution is -2.51. The van der Waals surface area contributed by atoms with E-state index in [9.17, 15) is 14.7 Å². The first-order chi connectivity index (χ1) is 12.6. The minimum Gasteiger partial charge on any atom is -0.395 e. The second kappa shape index (κ2) is 6.57. The lowest BCUT2D eigenvalue weighted by Gasteiger charge is -2.47. The third-order valence-corrected chi connectivity index (χ3v) is 5.54. The number of nitrogens with zero attached hydrogens (tertiary/aromatic N) is 3. The number of fused-ring (bicyclic) bond motifs is 2. The predicted molar refractivity (Wildman–Crippen MR) is 93.8 cm³/mol. The van der Waals surface area contributed by atoms with Crippen molar-refractivity contribution >= 4 is 17.5 Å². The Hall–Kier alpha value is -2.67. The third-order valence-electron chi connectivity index (χ3n) is 5.54. The van der Waals surface area contributed by atoms with Crippen LogP contribution >= 0.6 is 0 Å². The zero-order valence-corrected chi connectivity index (χ0v) is 14.4. The van der Waals surface area contributed by atoms with Crippen molar-refractivity contribution in [3.63, 3.8) is 0 Å². The Morgan fingerprint density at radius 2 is 2.00 bits per heavy atom. The number of amides is 2. The fourth-order valence-corrected chi connectivity index (χ4v) is 4.18. The minimum absolute atomic E-state index is 0.0350. The molecule has 26 heavy (non-hydrogen) atoms. The molecular formula is C19H21N3O4. The number of anilines is 1. The Morgan fingerprint density at radius 1 is 1.23 bits per heavy atom. The number of rotatable bonds is 3. The van der Waals surface area contributed by atoms with Crippen LogP contribution in [0.2, 0.25) is 0 Å². The summed E-state index contributed by atoms with van der Waals surface area (Å²) in [6.07, 6.45) is 3.32. The number of aliphatic hydroxyl groups excluding tert-OH is 1. The minimum atomic E-state index is -0.252. The maximum atomic E-state index is 12.7. The number of aliphatic hydroxyl groups is 1. The highest BCUT2D eigenvalue weighted by molar-refractivity contribution is 5.98. The van der Waals surface area contributed by atoms with E-state index in [0.29, 0.717) is 26.1 Å². The van der Waals surface area contributed by atoms with Crippen LogP contribution in [-0.4, -0.2) is 53.2 Å². The van der Waals surface area contributed by atoms with Crippen molar-refractivity contribution in [1.29, 1.82) is 0 Å². The van der Waals surface area contributed by atoms with Gasteiger partial charge in [-0.05, 0) is 24.5 Å². The summed E-state index contributed by atoms with van der Waals surface area (Å²) in [4.78, 5) is 28.6. The van der Waals surface area contributed by atoms with E-state index in [4.69, 9.17) is 4.52 Å². The highest BCUT2D eigenvalue weighted by Gasteiger charge is 2.45. The average Bonchev–Trinajstić information content (AvgIpc) is 3.20. The number of piperidine rings is 1. The van der Waals surface area contributed by atoms with Crippen molar-refractivity contribution in [2.24, 2.45) is 0 Å². The third kappa shape index (κ3) is 2.68. The highest BCUT2D eigenvalue weighted by Crippen LogP contribution is 2.46. The molecule has 7 heteroatoms. The van der Waals surface area contributed by atoms with Crippen LogP contribution < -0.4 is 4.90 Å². The predicted octanol–water partition coefficient (Wildman–Crippen LogP) is 1.58. The summed E-state index contributed by atoms with van der Waals surface area (Å²) in [5.74, 6) is 0.123. The SMILES string of the molecule is O=C(c1ccno1)N1CCC2(CC1)CC(=O)N(CCO)c1ccccc12. The second-order valence-electron chi connectivity index (χ2n) is 6.91. The standard InChI is InChI=1S/C19H21N3O4/c23-12-11-22-15-4-2-1-3-14(15)19(13-17(22)24)6-9-21(10-7-19)18(25)16-5-8-20-26-16/h1-5,8,23H,6-7,9-13H2. The number of para-hydroxylation sites is 1. The van der Waals surface area contributed by atoms with E-state index in [1.165, 1.54) is 6.20 Å². The summed E-state index contributed by atoms with van der Waals surface area (Å²) in [7, 11) is 0. The van der Waals surface area contributed by atoms with Crippen molar-refractivity contribution in [3.8, 4) is 0 Å². The van der Waals surface area contributed by atoms with Gasteiger partial charge in [-0.3, -0.25) is 9.59 Å². The molecule has 1 aromatic heterocycles. The number of benzene rings is 1. The van der Waals surface area contributed by atoms with Gasteiger partial charge in [0.1, 0.15) is 0 Å². The summed E-state index contributed by atoms with van der Waals surface area (Å²) in [6, 6.07) is 9.48. The lowest BCUT2D eigenvalue weighted by molar-refractivity contribution is -0.121. The second-order valence-corrected chi connectivity index (χ2v) is 6.91. The van der Waals surface area contributed by atoms with Gasteiger partial charge in [0.2, 0.25) is 11.7 Å². The topological polar surface area (TPSA) is 86.9 Å². The Bertz CT molecular complexity index is 810. The molecule has 1 N–H and O–H groups in total. The zero-order chi connectivity index (χ0) is 18.1. The van der Waals surface area contributed by atoms with Gasteiger partial charge in [0.25, 0.3) is 5.91 Å². The molecule has 2 aliphatic rings. The van der Waals surface area contributed by atoms with Crippen molar-refractivity contribution in [2.75, 3.05) is 31.1 Å². The molecule has 2 aromatic rings. The Morgan fingerprint density at radius 3 is 2.69 bits per heavy atom. The molecule has 0 unspecified atom stereocenters. The number of hydrogen-bond acceptors (Lipinski definition) is 5. The van der Waals surface area contributed by atoms with E-state index in [1.54, 1.807) is 15.9 Å². The molecule has 1 fully saturated rings. The summed E-state index contributed by atoms with van der Waals surface area (Å²) in [5, 5.41) is 12.9. The molecule has 1 saturated heterocycles. The first-order valence-corrected chi connectivity index (χ1v) is 8.85. The Labute approximate surface area is 151 Å². The smallest absolute Gasteiger partial charge is 0.292 e. The van der Waals surface area contributed by atoms with Gasteiger partial charge in [-0.2, -0.15) is 0 Å². The van der Waals surface area contributed by atoms with Crippen molar-refractivity contribution in [3.05, 3.63) is 47.9 Å².